The van der Waals surface area contributed by atoms with E-state index >= 15 is 0 Å². The number of nitrogens with one attached hydrogen (secondary N) is 2. The summed E-state index contributed by atoms with van der Waals surface area (Å²) in [6.07, 6.45) is 1.12. The van der Waals surface area contributed by atoms with Crippen molar-refractivity contribution in [2.45, 2.75) is 33.2 Å². The van der Waals surface area contributed by atoms with E-state index in [1.807, 2.05) is 25.1 Å². The first kappa shape index (κ1) is 17.7. The summed E-state index contributed by atoms with van der Waals surface area (Å²) in [5.74, 6) is 2.33. The molecule has 0 saturated carbocycles. The van der Waals surface area contributed by atoms with Crippen LogP contribution in [0.25, 0.3) is 22.3 Å². The lowest BCUT2D eigenvalue weighted by molar-refractivity contribution is 0.387. The molecule has 0 radical (unpaired) electrons. The van der Waals surface area contributed by atoms with Crippen molar-refractivity contribution < 1.29 is 0 Å². The van der Waals surface area contributed by atoms with Crippen LogP contribution in [0, 0.1) is 12.8 Å². The van der Waals surface area contributed by atoms with Gasteiger partial charge in [-0.3, -0.25) is 5.10 Å². The molecule has 3 heterocycles. The number of benzene rings is 1. The molecule has 142 valence electrons. The third-order valence-corrected chi connectivity index (χ3v) is 5.02. The van der Waals surface area contributed by atoms with Crippen molar-refractivity contribution in [2.75, 3.05) is 30.3 Å². The Labute approximate surface area is 158 Å². The SMILES string of the molecule is Cc1n[nH]c2ccc(-c3nnc(N)c(N4CCN[C@@H](CC(C)C)C4)n3)cc12. The summed E-state index contributed by atoms with van der Waals surface area (Å²) in [6.45, 7) is 9.11. The number of H-pyrrole nitrogens is 1. The van der Waals surface area contributed by atoms with Crippen LogP contribution in [0.15, 0.2) is 18.2 Å². The number of fused-ring (bicyclic) bond motifs is 1. The van der Waals surface area contributed by atoms with Crippen molar-refractivity contribution in [2.24, 2.45) is 5.92 Å². The standard InChI is InChI=1S/C19H26N8/c1-11(2)8-14-10-27(7-6-21-14)19-17(20)25-26-18(22-19)13-4-5-16-15(9-13)12(3)23-24-16/h4-5,9,11,14,21H,6-8,10H2,1-3H3,(H2,20,25)(H,23,24)/t14-/m0/s1. The second kappa shape index (κ2) is 7.11. The Morgan fingerprint density at radius 2 is 2.15 bits per heavy atom. The average Bonchev–Trinajstić information content (AvgIpc) is 3.02. The fraction of sp³-hybridized carbons (Fsp3) is 0.474. The molecular weight excluding hydrogens is 340 g/mol. The minimum atomic E-state index is 0.379. The van der Waals surface area contributed by atoms with Gasteiger partial charge in [-0.05, 0) is 37.5 Å². The van der Waals surface area contributed by atoms with Gasteiger partial charge in [0.15, 0.2) is 17.5 Å². The molecular formula is C19H26N8. The van der Waals surface area contributed by atoms with Gasteiger partial charge in [0.2, 0.25) is 0 Å². The van der Waals surface area contributed by atoms with Gasteiger partial charge in [-0.15, -0.1) is 10.2 Å². The lowest BCUT2D eigenvalue weighted by atomic mass is 10.0. The van der Waals surface area contributed by atoms with Crippen LogP contribution < -0.4 is 16.0 Å². The Morgan fingerprint density at radius 3 is 2.96 bits per heavy atom. The maximum atomic E-state index is 6.13. The van der Waals surface area contributed by atoms with Gasteiger partial charge in [-0.25, -0.2) is 4.98 Å². The molecule has 0 amide bonds. The van der Waals surface area contributed by atoms with Gasteiger partial charge in [-0.1, -0.05) is 13.8 Å². The summed E-state index contributed by atoms with van der Waals surface area (Å²) in [4.78, 5) is 6.99. The van der Waals surface area contributed by atoms with Crippen molar-refractivity contribution >= 4 is 22.5 Å². The molecule has 8 heteroatoms. The highest BCUT2D eigenvalue weighted by atomic mass is 15.3. The average molecular weight is 366 g/mol. The molecule has 0 aliphatic carbocycles. The van der Waals surface area contributed by atoms with Gasteiger partial charge in [-0.2, -0.15) is 5.10 Å². The summed E-state index contributed by atoms with van der Waals surface area (Å²) in [5.41, 5.74) is 8.99. The van der Waals surface area contributed by atoms with Crippen LogP contribution in [0.4, 0.5) is 11.6 Å². The Hall–Kier alpha value is -2.74. The molecule has 3 aromatic rings. The zero-order chi connectivity index (χ0) is 19.0. The molecule has 4 rings (SSSR count). The van der Waals surface area contributed by atoms with E-state index in [0.29, 0.717) is 23.6 Å². The van der Waals surface area contributed by atoms with Crippen LogP contribution in [-0.2, 0) is 0 Å². The predicted octanol–water partition coefficient (Wildman–Crippen LogP) is 2.13. The fourth-order valence-electron chi connectivity index (χ4n) is 3.71. The number of nitrogens with two attached hydrogens (primary N) is 1. The van der Waals surface area contributed by atoms with Crippen molar-refractivity contribution in [1.29, 1.82) is 0 Å². The van der Waals surface area contributed by atoms with Crippen molar-refractivity contribution in [1.82, 2.24) is 30.7 Å². The van der Waals surface area contributed by atoms with Crippen LogP contribution in [0.5, 0.6) is 0 Å². The zero-order valence-corrected chi connectivity index (χ0v) is 16.0. The maximum Gasteiger partial charge on any atom is 0.189 e. The molecule has 0 unspecified atom stereocenters. The molecule has 2 aromatic heterocycles. The predicted molar refractivity (Wildman–Crippen MR) is 108 cm³/mol. The summed E-state index contributed by atoms with van der Waals surface area (Å²) in [7, 11) is 0. The molecule has 1 fully saturated rings. The number of nitrogens with zero attached hydrogens (tertiary/aromatic N) is 5. The van der Waals surface area contributed by atoms with Gasteiger partial charge in [0.05, 0.1) is 11.2 Å². The monoisotopic (exact) mass is 366 g/mol. The minimum Gasteiger partial charge on any atom is -0.379 e. The van der Waals surface area contributed by atoms with E-state index in [-0.39, 0.29) is 0 Å². The number of hydrogen-bond donors (Lipinski definition) is 3. The van der Waals surface area contributed by atoms with Crippen LogP contribution in [0.3, 0.4) is 0 Å². The van der Waals surface area contributed by atoms with Crippen molar-refractivity contribution in [3.8, 4) is 11.4 Å². The smallest absolute Gasteiger partial charge is 0.189 e. The Balaban J connectivity index is 1.65. The molecule has 1 atom stereocenters. The first-order valence-corrected chi connectivity index (χ1v) is 9.45. The number of nitrogen functional groups attached to an aromatic ring is 1. The number of rotatable bonds is 4. The highest BCUT2D eigenvalue weighted by Gasteiger charge is 2.24. The van der Waals surface area contributed by atoms with Gasteiger partial charge in [0, 0.05) is 36.6 Å². The van der Waals surface area contributed by atoms with E-state index in [1.165, 1.54) is 0 Å². The lowest BCUT2D eigenvalue weighted by Gasteiger charge is -2.35. The third-order valence-electron chi connectivity index (χ3n) is 5.02. The zero-order valence-electron chi connectivity index (χ0n) is 16.0. The summed E-state index contributed by atoms with van der Waals surface area (Å²) in [5, 5.41) is 20.3. The topological polar surface area (TPSA) is 109 Å². The van der Waals surface area contributed by atoms with Crippen molar-refractivity contribution in [3.05, 3.63) is 23.9 Å². The summed E-state index contributed by atoms with van der Waals surface area (Å²) >= 11 is 0. The van der Waals surface area contributed by atoms with E-state index in [9.17, 15) is 0 Å². The molecule has 1 saturated heterocycles. The van der Waals surface area contributed by atoms with E-state index in [2.05, 4.69) is 44.5 Å². The number of anilines is 2. The van der Waals surface area contributed by atoms with Gasteiger partial charge in [0.25, 0.3) is 0 Å². The largest absolute Gasteiger partial charge is 0.379 e. The second-order valence-corrected chi connectivity index (χ2v) is 7.64. The van der Waals surface area contributed by atoms with Gasteiger partial charge in [0.1, 0.15) is 0 Å². The molecule has 1 aromatic carbocycles. The molecule has 27 heavy (non-hydrogen) atoms. The fourth-order valence-corrected chi connectivity index (χ4v) is 3.71. The molecule has 4 N–H and O–H groups in total. The first-order chi connectivity index (χ1) is 13.0. The van der Waals surface area contributed by atoms with E-state index in [4.69, 9.17) is 10.7 Å². The molecule has 1 aliphatic heterocycles. The molecule has 0 bridgehead atoms. The van der Waals surface area contributed by atoms with Crippen molar-refractivity contribution in [3.63, 3.8) is 0 Å². The molecule has 0 spiro atoms. The number of piperazine rings is 1. The normalized spacial score (nSPS) is 17.8. The van der Waals surface area contributed by atoms with Gasteiger partial charge < -0.3 is 16.0 Å². The van der Waals surface area contributed by atoms with Crippen LogP contribution in [0.1, 0.15) is 26.0 Å². The van der Waals surface area contributed by atoms with Gasteiger partial charge >= 0.3 is 0 Å². The van der Waals surface area contributed by atoms with Crippen LogP contribution in [0.2, 0.25) is 0 Å². The van der Waals surface area contributed by atoms with Crippen LogP contribution in [-0.4, -0.2) is 51.1 Å². The Bertz CT molecular complexity index is 948. The van der Waals surface area contributed by atoms with E-state index < -0.39 is 0 Å². The summed E-state index contributed by atoms with van der Waals surface area (Å²) < 4.78 is 0. The quantitative estimate of drug-likeness (QED) is 0.649. The Morgan fingerprint density at radius 1 is 1.30 bits per heavy atom. The highest BCUT2D eigenvalue weighted by molar-refractivity contribution is 5.85. The van der Waals surface area contributed by atoms with E-state index in [1.54, 1.807) is 0 Å². The second-order valence-electron chi connectivity index (χ2n) is 7.64. The minimum absolute atomic E-state index is 0.379. The third kappa shape index (κ3) is 3.57. The maximum absolute atomic E-state index is 6.13. The molecule has 1 aliphatic rings. The number of hydrogen-bond acceptors (Lipinski definition) is 7. The van der Waals surface area contributed by atoms with E-state index in [0.717, 1.165) is 54.0 Å². The highest BCUT2D eigenvalue weighted by Crippen LogP contribution is 2.26. The molecule has 8 nitrogen and oxygen atoms in total. The first-order valence-electron chi connectivity index (χ1n) is 9.45. The summed E-state index contributed by atoms with van der Waals surface area (Å²) in [6, 6.07) is 6.45. The Kier molecular flexibility index (Phi) is 4.65. The number of aromatic amines is 1. The number of aromatic nitrogens is 5. The van der Waals surface area contributed by atoms with Crippen LogP contribution >= 0.6 is 0 Å². The number of aryl methyl sites for hydroxylation is 1. The lowest BCUT2D eigenvalue weighted by Crippen LogP contribution is -2.51.